The van der Waals surface area contributed by atoms with Gasteiger partial charge in [-0.2, -0.15) is 0 Å². The maximum absolute atomic E-state index is 15.0. The van der Waals surface area contributed by atoms with Crippen LogP contribution >= 0.6 is 0 Å². The van der Waals surface area contributed by atoms with Gasteiger partial charge in [0.25, 0.3) is 0 Å². The van der Waals surface area contributed by atoms with E-state index in [9.17, 15) is 18.4 Å². The van der Waals surface area contributed by atoms with Crippen LogP contribution in [0.4, 0.5) is 13.2 Å². The molecule has 0 aromatic heterocycles. The molecule has 1 aliphatic carbocycles. The molecule has 1 saturated carbocycles. The van der Waals surface area contributed by atoms with E-state index in [1.165, 1.54) is 0 Å². The minimum absolute atomic E-state index is 0.0355. The van der Waals surface area contributed by atoms with Crippen LogP contribution in [0.3, 0.4) is 0 Å². The summed E-state index contributed by atoms with van der Waals surface area (Å²) in [6.07, 6.45) is 3.74. The van der Waals surface area contributed by atoms with Crippen LogP contribution in [0.5, 0.6) is 0 Å². The highest BCUT2D eigenvalue weighted by Gasteiger charge is 2.45. The second kappa shape index (κ2) is 10.4. The Kier molecular flexibility index (Phi) is 7.87. The summed E-state index contributed by atoms with van der Waals surface area (Å²) in [5.74, 6) is -7.18. The smallest absolute Gasteiger partial charge is 0.336 e. The summed E-state index contributed by atoms with van der Waals surface area (Å²) in [5, 5.41) is 0. The number of unbranched alkanes of at least 4 members (excludes halogenated alkanes) is 1. The van der Waals surface area contributed by atoms with Crippen LogP contribution in [0.25, 0.3) is 0 Å². The van der Waals surface area contributed by atoms with Crippen molar-refractivity contribution in [1.29, 1.82) is 0 Å². The number of hydrogen-bond donors (Lipinski definition) is 0. The van der Waals surface area contributed by atoms with Gasteiger partial charge in [-0.25, -0.2) is 22.8 Å². The van der Waals surface area contributed by atoms with Gasteiger partial charge in [-0.1, -0.05) is 26.3 Å². The predicted molar refractivity (Wildman–Crippen MR) is 116 cm³/mol. The first kappa shape index (κ1) is 24.9. The minimum atomic E-state index is -1.66. The molecule has 0 saturated heterocycles. The molecule has 0 spiro atoms. The van der Waals surface area contributed by atoms with Crippen molar-refractivity contribution >= 4 is 11.9 Å². The number of esters is 2. The minimum Gasteiger partial charge on any atom is -0.462 e. The zero-order valence-electron chi connectivity index (χ0n) is 19.5. The largest absolute Gasteiger partial charge is 0.462 e. The van der Waals surface area contributed by atoms with Crippen molar-refractivity contribution in [2.24, 2.45) is 0 Å². The molecule has 33 heavy (non-hydrogen) atoms. The predicted octanol–water partition coefficient (Wildman–Crippen LogP) is 5.51. The van der Waals surface area contributed by atoms with E-state index in [1.54, 1.807) is 13.8 Å². The van der Waals surface area contributed by atoms with Crippen LogP contribution in [-0.2, 0) is 19.1 Å². The van der Waals surface area contributed by atoms with Gasteiger partial charge in [0.2, 0.25) is 0 Å². The van der Waals surface area contributed by atoms with E-state index in [4.69, 9.17) is 9.47 Å². The Morgan fingerprint density at radius 1 is 0.909 bits per heavy atom. The van der Waals surface area contributed by atoms with Crippen molar-refractivity contribution in [1.82, 2.24) is 4.90 Å². The Labute approximate surface area is 192 Å². The summed E-state index contributed by atoms with van der Waals surface area (Å²) in [7, 11) is 0. The molecule has 1 aromatic rings. The molecule has 180 valence electrons. The lowest BCUT2D eigenvalue weighted by atomic mass is 9.79. The van der Waals surface area contributed by atoms with Gasteiger partial charge in [0, 0.05) is 23.0 Å². The van der Waals surface area contributed by atoms with Gasteiger partial charge in [-0.3, -0.25) is 0 Å². The zero-order chi connectivity index (χ0) is 24.3. The Hall–Kier alpha value is -2.77. The van der Waals surface area contributed by atoms with Crippen LogP contribution in [0.1, 0.15) is 71.3 Å². The number of ether oxygens (including phenoxy) is 2. The molecule has 1 unspecified atom stereocenters. The van der Waals surface area contributed by atoms with Crippen molar-refractivity contribution in [2.45, 2.75) is 71.8 Å². The van der Waals surface area contributed by atoms with Gasteiger partial charge in [0.05, 0.1) is 30.3 Å². The first-order valence-electron chi connectivity index (χ1n) is 11.4. The summed E-state index contributed by atoms with van der Waals surface area (Å²) < 4.78 is 53.8. The number of nitrogens with zero attached hydrogens (tertiary/aromatic N) is 1. The van der Waals surface area contributed by atoms with E-state index in [0.717, 1.165) is 31.4 Å². The number of allylic oxidation sites excluding steroid dienone is 2. The molecule has 0 N–H and O–H groups in total. The molecule has 0 amide bonds. The van der Waals surface area contributed by atoms with Gasteiger partial charge in [0.1, 0.15) is 0 Å². The highest BCUT2D eigenvalue weighted by atomic mass is 19.2. The number of hydrogen-bond acceptors (Lipinski definition) is 5. The fourth-order valence-corrected chi connectivity index (χ4v) is 4.22. The Morgan fingerprint density at radius 2 is 1.48 bits per heavy atom. The Morgan fingerprint density at radius 3 is 2.00 bits per heavy atom. The molecule has 1 heterocycles. The van der Waals surface area contributed by atoms with Crippen molar-refractivity contribution in [3.05, 3.63) is 57.7 Å². The quantitative estimate of drug-likeness (QED) is 0.273. The number of benzene rings is 1. The summed E-state index contributed by atoms with van der Waals surface area (Å²) in [4.78, 5) is 28.3. The molecule has 1 atom stereocenters. The molecule has 1 fully saturated rings. The Bertz CT molecular complexity index is 998. The van der Waals surface area contributed by atoms with Crippen molar-refractivity contribution in [2.75, 3.05) is 13.2 Å². The Balaban J connectivity index is 2.21. The van der Waals surface area contributed by atoms with Crippen LogP contribution in [0, 0.1) is 17.5 Å². The van der Waals surface area contributed by atoms with Gasteiger partial charge in [0.15, 0.2) is 17.5 Å². The van der Waals surface area contributed by atoms with E-state index in [-0.39, 0.29) is 36.0 Å². The summed E-state index contributed by atoms with van der Waals surface area (Å²) in [6, 6.07) is 1.95. The summed E-state index contributed by atoms with van der Waals surface area (Å²) in [5.41, 5.74) is 0.784. The molecule has 1 aromatic carbocycles. The third-order valence-corrected chi connectivity index (χ3v) is 5.98. The van der Waals surface area contributed by atoms with Gasteiger partial charge in [-0.15, -0.1) is 0 Å². The first-order chi connectivity index (χ1) is 15.7. The van der Waals surface area contributed by atoms with Crippen LogP contribution in [-0.4, -0.2) is 36.1 Å². The fourth-order valence-electron chi connectivity index (χ4n) is 4.22. The summed E-state index contributed by atoms with van der Waals surface area (Å²) in [6.45, 7) is 7.47. The monoisotopic (exact) mass is 465 g/mol. The van der Waals surface area contributed by atoms with Crippen molar-refractivity contribution in [3.8, 4) is 0 Å². The number of carbonyl (C=O) groups is 2. The topological polar surface area (TPSA) is 55.8 Å². The van der Waals surface area contributed by atoms with E-state index in [0.29, 0.717) is 24.2 Å². The van der Waals surface area contributed by atoms with Crippen molar-refractivity contribution in [3.63, 3.8) is 0 Å². The first-order valence-corrected chi connectivity index (χ1v) is 11.4. The maximum Gasteiger partial charge on any atom is 0.336 e. The molecular formula is C25H30F3NO4. The van der Waals surface area contributed by atoms with E-state index >= 15 is 4.39 Å². The molecule has 3 rings (SSSR count). The highest BCUT2D eigenvalue weighted by molar-refractivity contribution is 6.00. The zero-order valence-corrected chi connectivity index (χ0v) is 19.5. The second-order valence-corrected chi connectivity index (χ2v) is 8.42. The van der Waals surface area contributed by atoms with E-state index in [2.05, 4.69) is 0 Å². The second-order valence-electron chi connectivity index (χ2n) is 8.42. The number of rotatable bonds is 9. The van der Waals surface area contributed by atoms with Gasteiger partial charge >= 0.3 is 11.9 Å². The third-order valence-electron chi connectivity index (χ3n) is 5.98. The van der Waals surface area contributed by atoms with E-state index < -0.39 is 35.3 Å². The molecule has 8 heteroatoms. The number of carbonyl (C=O) groups excluding carboxylic acids is 2. The van der Waals surface area contributed by atoms with Crippen LogP contribution < -0.4 is 0 Å². The average molecular weight is 466 g/mol. The molecule has 1 aliphatic heterocycles. The molecular weight excluding hydrogens is 435 g/mol. The van der Waals surface area contributed by atoms with Gasteiger partial charge < -0.3 is 14.4 Å². The lowest BCUT2D eigenvalue weighted by Gasteiger charge is -2.38. The molecule has 0 radical (unpaired) electrons. The van der Waals surface area contributed by atoms with E-state index in [1.807, 2.05) is 18.7 Å². The normalized spacial score (nSPS) is 18.6. The van der Waals surface area contributed by atoms with Crippen molar-refractivity contribution < 1.29 is 32.2 Å². The van der Waals surface area contributed by atoms with Crippen LogP contribution in [0.15, 0.2) is 34.7 Å². The standard InChI is InChI=1S/C25H30F3NO4/c1-5-7-13-33-25(31)20-15(4)29(16-8-9-16)14(3)19(24(30)32-12-6-2)21(20)17-10-11-18(26)23(28)22(17)27/h10-11,16,21H,5-9,12-13H2,1-4H3. The fraction of sp³-hybridized carbons (Fsp3) is 0.520. The molecule has 2 aliphatic rings. The van der Waals surface area contributed by atoms with Gasteiger partial charge in [-0.05, 0) is 45.6 Å². The lowest BCUT2D eigenvalue weighted by Crippen LogP contribution is -2.37. The highest BCUT2D eigenvalue weighted by Crippen LogP contribution is 2.47. The molecule has 0 bridgehead atoms. The number of halogens is 3. The summed E-state index contributed by atoms with van der Waals surface area (Å²) >= 11 is 0. The lowest BCUT2D eigenvalue weighted by molar-refractivity contribution is -0.140. The molecule has 5 nitrogen and oxygen atoms in total. The van der Waals surface area contributed by atoms with Crippen LogP contribution in [0.2, 0.25) is 0 Å². The average Bonchev–Trinajstić information content (AvgIpc) is 3.61. The maximum atomic E-state index is 15.0. The third kappa shape index (κ3) is 4.94. The SMILES string of the molecule is CCCCOC(=O)C1=C(C)N(C2CC2)C(C)=C(C(=O)OCCC)C1c1ccc(F)c(F)c1F.